The first-order chi connectivity index (χ1) is 16.8. The summed E-state index contributed by atoms with van der Waals surface area (Å²) in [6, 6.07) is 19.4. The highest BCUT2D eigenvalue weighted by Gasteiger charge is 2.35. The number of carbonyl (C=O) groups excluding carboxylic acids is 2. The Labute approximate surface area is 225 Å². The topological polar surface area (TPSA) is 55.8 Å². The molecule has 0 aromatic heterocycles. The molecule has 0 N–H and O–H groups in total. The molecule has 1 aliphatic rings. The van der Waals surface area contributed by atoms with Crippen molar-refractivity contribution in [2.45, 2.75) is 27.0 Å². The zero-order valence-corrected chi connectivity index (χ0v) is 23.2. The summed E-state index contributed by atoms with van der Waals surface area (Å²) in [7, 11) is 0. The van der Waals surface area contributed by atoms with Crippen molar-refractivity contribution < 1.29 is 19.1 Å². The lowest BCUT2D eigenvalue weighted by molar-refractivity contribution is -0.123. The summed E-state index contributed by atoms with van der Waals surface area (Å²) in [4.78, 5) is 27.2. The number of halogens is 2. The summed E-state index contributed by atoms with van der Waals surface area (Å²) >= 11 is 7.92. The Morgan fingerprint density at radius 2 is 1.57 bits per heavy atom. The zero-order valence-electron chi connectivity index (χ0n) is 19.2. The predicted molar refractivity (Wildman–Crippen MR) is 146 cm³/mol. The van der Waals surface area contributed by atoms with Crippen LogP contribution in [0.4, 0.5) is 4.79 Å². The van der Waals surface area contributed by atoms with Crippen LogP contribution in [0.1, 0.15) is 29.2 Å². The lowest BCUT2D eigenvalue weighted by Crippen LogP contribution is -2.27. The van der Waals surface area contributed by atoms with E-state index in [0.717, 1.165) is 37.4 Å². The number of rotatable bonds is 8. The summed E-state index contributed by atoms with van der Waals surface area (Å²) in [5.74, 6) is 0.857. The van der Waals surface area contributed by atoms with Crippen molar-refractivity contribution in [3.8, 4) is 11.5 Å². The van der Waals surface area contributed by atoms with E-state index >= 15 is 0 Å². The fourth-order valence-electron chi connectivity index (χ4n) is 3.44. The maximum Gasteiger partial charge on any atom is 0.293 e. The molecule has 3 aromatic rings. The van der Waals surface area contributed by atoms with Crippen LogP contribution in [-0.4, -0.2) is 22.7 Å². The molecular formula is C27H23Br2NO4S. The highest BCUT2D eigenvalue weighted by molar-refractivity contribution is 9.10. The van der Waals surface area contributed by atoms with Crippen LogP contribution in [0.3, 0.4) is 0 Å². The monoisotopic (exact) mass is 615 g/mol. The molecule has 8 heteroatoms. The van der Waals surface area contributed by atoms with E-state index in [1.807, 2.05) is 74.5 Å². The lowest BCUT2D eigenvalue weighted by atomic mass is 10.1. The third kappa shape index (κ3) is 6.37. The minimum atomic E-state index is -0.313. The van der Waals surface area contributed by atoms with Gasteiger partial charge in [-0.1, -0.05) is 73.8 Å². The SMILES string of the molecule is CCOc1cc(/C=C2\SC(=O)N(Cc3ccc(Br)cc3)C2=O)c(Br)cc1OCc1ccc(C)cc1. The van der Waals surface area contributed by atoms with Crippen molar-refractivity contribution in [1.29, 1.82) is 0 Å². The minimum Gasteiger partial charge on any atom is -0.490 e. The largest absolute Gasteiger partial charge is 0.490 e. The fraction of sp³-hybridized carbons (Fsp3) is 0.185. The highest BCUT2D eigenvalue weighted by atomic mass is 79.9. The molecule has 0 radical (unpaired) electrons. The number of imide groups is 1. The third-order valence-electron chi connectivity index (χ3n) is 5.29. The van der Waals surface area contributed by atoms with Crippen molar-refractivity contribution in [1.82, 2.24) is 4.90 Å². The highest BCUT2D eigenvalue weighted by Crippen LogP contribution is 2.39. The second-order valence-electron chi connectivity index (χ2n) is 7.92. The minimum absolute atomic E-state index is 0.229. The van der Waals surface area contributed by atoms with Crippen molar-refractivity contribution in [3.63, 3.8) is 0 Å². The van der Waals surface area contributed by atoms with E-state index in [4.69, 9.17) is 9.47 Å². The van der Waals surface area contributed by atoms with E-state index in [1.165, 1.54) is 10.5 Å². The number of aryl methyl sites for hydroxylation is 1. The summed E-state index contributed by atoms with van der Waals surface area (Å²) in [6.45, 7) is 5.04. The van der Waals surface area contributed by atoms with Crippen LogP contribution in [-0.2, 0) is 17.9 Å². The second-order valence-corrected chi connectivity index (χ2v) is 10.7. The maximum absolute atomic E-state index is 13.0. The second kappa shape index (κ2) is 11.5. The van der Waals surface area contributed by atoms with Gasteiger partial charge in [0.2, 0.25) is 0 Å². The Morgan fingerprint density at radius 1 is 0.914 bits per heavy atom. The van der Waals surface area contributed by atoms with Crippen LogP contribution < -0.4 is 9.47 Å². The number of benzene rings is 3. The van der Waals surface area contributed by atoms with Gasteiger partial charge in [0.05, 0.1) is 18.1 Å². The van der Waals surface area contributed by atoms with Crippen LogP contribution in [0.2, 0.25) is 0 Å². The molecule has 0 unspecified atom stereocenters. The normalized spacial score (nSPS) is 14.6. The molecule has 1 fully saturated rings. The van der Waals surface area contributed by atoms with Crippen molar-refractivity contribution in [2.24, 2.45) is 0 Å². The van der Waals surface area contributed by atoms with Crippen molar-refractivity contribution >= 4 is 60.8 Å². The van der Waals surface area contributed by atoms with Crippen molar-refractivity contribution in [2.75, 3.05) is 6.61 Å². The molecule has 35 heavy (non-hydrogen) atoms. The Kier molecular flexibility index (Phi) is 8.36. The Bertz CT molecular complexity index is 1270. The Hall–Kier alpha value is -2.55. The molecule has 1 heterocycles. The quantitative estimate of drug-likeness (QED) is 0.242. The number of amides is 2. The molecule has 0 atom stereocenters. The molecule has 1 aliphatic heterocycles. The van der Waals surface area contributed by atoms with Gasteiger partial charge in [0.25, 0.3) is 11.1 Å². The number of carbonyl (C=O) groups is 2. The van der Waals surface area contributed by atoms with Gasteiger partial charge in [-0.05, 0) is 72.6 Å². The van der Waals surface area contributed by atoms with Gasteiger partial charge in [0.15, 0.2) is 11.5 Å². The van der Waals surface area contributed by atoms with Crippen LogP contribution in [0, 0.1) is 6.92 Å². The molecular weight excluding hydrogens is 594 g/mol. The fourth-order valence-corrected chi connectivity index (χ4v) is 4.97. The zero-order chi connectivity index (χ0) is 24.9. The van der Waals surface area contributed by atoms with Crippen molar-refractivity contribution in [3.05, 3.63) is 96.8 Å². The summed E-state index contributed by atoms with van der Waals surface area (Å²) in [6.07, 6.45) is 1.71. The molecule has 180 valence electrons. The van der Waals surface area contributed by atoms with Gasteiger partial charge >= 0.3 is 0 Å². The van der Waals surface area contributed by atoms with E-state index in [-0.39, 0.29) is 17.7 Å². The van der Waals surface area contributed by atoms with Gasteiger partial charge in [-0.15, -0.1) is 0 Å². The van der Waals surface area contributed by atoms with Gasteiger partial charge in [-0.3, -0.25) is 14.5 Å². The number of hydrogen-bond donors (Lipinski definition) is 0. The number of nitrogens with zero attached hydrogens (tertiary/aromatic N) is 1. The smallest absolute Gasteiger partial charge is 0.293 e. The molecule has 3 aromatic carbocycles. The predicted octanol–water partition coefficient (Wildman–Crippen LogP) is 7.73. The molecule has 5 nitrogen and oxygen atoms in total. The Morgan fingerprint density at radius 3 is 2.26 bits per heavy atom. The first-order valence-electron chi connectivity index (χ1n) is 11.0. The van der Waals surface area contributed by atoms with Crippen LogP contribution in [0.15, 0.2) is 74.5 Å². The molecule has 0 aliphatic carbocycles. The average molecular weight is 617 g/mol. The average Bonchev–Trinajstić information content (AvgIpc) is 3.10. The molecule has 2 amide bonds. The number of hydrogen-bond acceptors (Lipinski definition) is 5. The third-order valence-corrected chi connectivity index (χ3v) is 7.41. The van der Waals surface area contributed by atoms with E-state index < -0.39 is 0 Å². The molecule has 1 saturated heterocycles. The van der Waals surface area contributed by atoms with Gasteiger partial charge in [0.1, 0.15) is 6.61 Å². The first-order valence-corrected chi connectivity index (χ1v) is 13.4. The lowest BCUT2D eigenvalue weighted by Gasteiger charge is -2.14. The van der Waals surface area contributed by atoms with E-state index in [2.05, 4.69) is 31.9 Å². The van der Waals surface area contributed by atoms with Crippen LogP contribution in [0.5, 0.6) is 11.5 Å². The number of ether oxygens (including phenoxy) is 2. The van der Waals surface area contributed by atoms with Crippen LogP contribution in [0.25, 0.3) is 6.08 Å². The maximum atomic E-state index is 13.0. The van der Waals surface area contributed by atoms with E-state index in [1.54, 1.807) is 6.08 Å². The van der Waals surface area contributed by atoms with E-state index in [0.29, 0.717) is 29.6 Å². The van der Waals surface area contributed by atoms with Gasteiger partial charge in [-0.25, -0.2) is 0 Å². The standard InChI is InChI=1S/C27H23Br2NO4S/c1-3-33-23-12-20(22(29)14-24(23)34-16-19-6-4-17(2)5-7-19)13-25-26(31)30(27(32)35-25)15-18-8-10-21(28)11-9-18/h4-14H,3,15-16H2,1-2H3/b25-13-. The van der Waals surface area contributed by atoms with E-state index in [9.17, 15) is 9.59 Å². The molecule has 0 bridgehead atoms. The first kappa shape index (κ1) is 25.5. The van der Waals surface area contributed by atoms with Gasteiger partial charge < -0.3 is 9.47 Å². The summed E-state index contributed by atoms with van der Waals surface area (Å²) in [5.41, 5.74) is 3.85. The number of thioether (sulfide) groups is 1. The van der Waals surface area contributed by atoms with Crippen LogP contribution >= 0.6 is 43.6 Å². The molecule has 0 spiro atoms. The van der Waals surface area contributed by atoms with Gasteiger partial charge in [0, 0.05) is 8.95 Å². The summed E-state index contributed by atoms with van der Waals surface area (Å²) in [5, 5.41) is -0.289. The Balaban J connectivity index is 1.54. The molecule has 0 saturated carbocycles. The molecule has 4 rings (SSSR count). The summed E-state index contributed by atoms with van der Waals surface area (Å²) < 4.78 is 13.5. The van der Waals surface area contributed by atoms with Gasteiger partial charge in [-0.2, -0.15) is 0 Å².